The number of hydrogen-bond donors (Lipinski definition) is 1. The van der Waals surface area contributed by atoms with Crippen LogP contribution < -0.4 is 5.32 Å². The minimum Gasteiger partial charge on any atom is -0.367 e. The van der Waals surface area contributed by atoms with Gasteiger partial charge in [-0.1, -0.05) is 0 Å². The lowest BCUT2D eigenvalue weighted by Gasteiger charge is -2.13. The fourth-order valence-electron chi connectivity index (χ4n) is 1.34. The molecule has 0 spiro atoms. The van der Waals surface area contributed by atoms with Crippen LogP contribution in [0, 0.1) is 13.8 Å². The molecule has 1 atom stereocenters. The summed E-state index contributed by atoms with van der Waals surface area (Å²) in [4.78, 5) is 8.56. The van der Waals surface area contributed by atoms with Gasteiger partial charge in [-0.05, 0) is 27.0 Å². The van der Waals surface area contributed by atoms with Gasteiger partial charge in [0.25, 0.3) is 0 Å². The van der Waals surface area contributed by atoms with Crippen LogP contribution in [0.3, 0.4) is 0 Å². The van der Waals surface area contributed by atoms with Crippen molar-refractivity contribution in [1.29, 1.82) is 0 Å². The lowest BCUT2D eigenvalue weighted by molar-refractivity contribution is 0.889. The maximum atomic E-state index is 4.32. The first-order valence-corrected chi connectivity index (χ1v) is 6.09. The quantitative estimate of drug-likeness (QED) is 0.829. The molecule has 4 heteroatoms. The summed E-state index contributed by atoms with van der Waals surface area (Å²) >= 11 is 1.83. The zero-order chi connectivity index (χ0) is 10.6. The van der Waals surface area contributed by atoms with Crippen LogP contribution in [-0.2, 0) is 0 Å². The molecule has 0 aliphatic rings. The van der Waals surface area contributed by atoms with E-state index in [2.05, 4.69) is 28.5 Å². The van der Waals surface area contributed by atoms with Gasteiger partial charge in [-0.3, -0.25) is 0 Å². The van der Waals surface area contributed by atoms with E-state index in [0.29, 0.717) is 6.04 Å². The van der Waals surface area contributed by atoms with E-state index in [1.54, 1.807) is 0 Å². The Morgan fingerprint density at radius 1 is 1.43 bits per heavy atom. The van der Waals surface area contributed by atoms with Crippen molar-refractivity contribution in [1.82, 2.24) is 9.97 Å². The summed E-state index contributed by atoms with van der Waals surface area (Å²) in [5, 5.41) is 3.35. The highest BCUT2D eigenvalue weighted by molar-refractivity contribution is 7.98. The molecule has 0 saturated carbocycles. The first kappa shape index (κ1) is 11.3. The van der Waals surface area contributed by atoms with E-state index < -0.39 is 0 Å². The summed E-state index contributed by atoms with van der Waals surface area (Å²) < 4.78 is 0. The van der Waals surface area contributed by atoms with Gasteiger partial charge in [0, 0.05) is 23.6 Å². The summed E-state index contributed by atoms with van der Waals surface area (Å²) in [6, 6.07) is 2.42. The van der Waals surface area contributed by atoms with Crippen molar-refractivity contribution in [3.63, 3.8) is 0 Å². The molecule has 1 aromatic rings. The van der Waals surface area contributed by atoms with E-state index in [0.717, 1.165) is 23.1 Å². The van der Waals surface area contributed by atoms with Gasteiger partial charge in [0.05, 0.1) is 0 Å². The molecule has 0 bridgehead atoms. The Hall–Kier alpha value is -0.770. The molecule has 0 fully saturated rings. The van der Waals surface area contributed by atoms with Gasteiger partial charge in [0.2, 0.25) is 0 Å². The fraction of sp³-hybridized carbons (Fsp3) is 0.600. The third-order valence-corrected chi connectivity index (χ3v) is 2.61. The molecule has 1 N–H and O–H groups in total. The number of aryl methyl sites for hydroxylation is 2. The number of aromatic nitrogens is 2. The summed E-state index contributed by atoms with van der Waals surface area (Å²) in [6.45, 7) is 6.06. The molecule has 3 nitrogen and oxygen atoms in total. The van der Waals surface area contributed by atoms with Crippen molar-refractivity contribution in [2.75, 3.05) is 17.3 Å². The molecule has 0 saturated heterocycles. The van der Waals surface area contributed by atoms with Crippen molar-refractivity contribution < 1.29 is 0 Å². The average molecular weight is 211 g/mol. The Kier molecular flexibility index (Phi) is 4.20. The second-order valence-corrected chi connectivity index (χ2v) is 4.35. The Morgan fingerprint density at radius 3 is 2.71 bits per heavy atom. The van der Waals surface area contributed by atoms with Gasteiger partial charge in [-0.25, -0.2) is 9.97 Å². The average Bonchev–Trinajstić information content (AvgIpc) is 2.01. The van der Waals surface area contributed by atoms with Gasteiger partial charge >= 0.3 is 0 Å². The Balaban J connectivity index is 2.66. The van der Waals surface area contributed by atoms with Crippen LogP contribution in [0.25, 0.3) is 0 Å². The number of nitrogens with zero attached hydrogens (tertiary/aromatic N) is 2. The second kappa shape index (κ2) is 5.20. The lowest BCUT2D eigenvalue weighted by Crippen LogP contribution is -2.19. The van der Waals surface area contributed by atoms with E-state index in [4.69, 9.17) is 0 Å². The van der Waals surface area contributed by atoms with E-state index >= 15 is 0 Å². The lowest BCUT2D eigenvalue weighted by atomic mass is 10.3. The zero-order valence-corrected chi connectivity index (χ0v) is 9.98. The first-order chi connectivity index (χ1) is 6.61. The van der Waals surface area contributed by atoms with Crippen LogP contribution in [0.2, 0.25) is 0 Å². The molecule has 1 heterocycles. The maximum absolute atomic E-state index is 4.32. The number of hydrogen-bond acceptors (Lipinski definition) is 4. The Labute approximate surface area is 89.7 Å². The van der Waals surface area contributed by atoms with Crippen LogP contribution in [-0.4, -0.2) is 28.0 Å². The normalized spacial score (nSPS) is 12.6. The smallest absolute Gasteiger partial charge is 0.130 e. The molecule has 0 aromatic carbocycles. The van der Waals surface area contributed by atoms with Crippen molar-refractivity contribution in [2.45, 2.75) is 26.8 Å². The molecule has 0 aliphatic heterocycles. The third-order valence-electron chi connectivity index (χ3n) is 1.78. The van der Waals surface area contributed by atoms with E-state index in [1.165, 1.54) is 0 Å². The highest BCUT2D eigenvalue weighted by atomic mass is 32.2. The molecule has 1 aromatic heterocycles. The van der Waals surface area contributed by atoms with Crippen LogP contribution in [0.1, 0.15) is 18.4 Å². The molecule has 78 valence electrons. The molecule has 1 rings (SSSR count). The minimum absolute atomic E-state index is 0.443. The van der Waals surface area contributed by atoms with Crippen LogP contribution in [0.5, 0.6) is 0 Å². The minimum atomic E-state index is 0.443. The summed E-state index contributed by atoms with van der Waals surface area (Å²) in [6.07, 6.45) is 2.11. The molecule has 0 amide bonds. The number of thioether (sulfide) groups is 1. The van der Waals surface area contributed by atoms with E-state index in [9.17, 15) is 0 Å². The van der Waals surface area contributed by atoms with Crippen molar-refractivity contribution in [2.24, 2.45) is 0 Å². The highest BCUT2D eigenvalue weighted by Gasteiger charge is 2.03. The van der Waals surface area contributed by atoms with Gasteiger partial charge in [0.15, 0.2) is 0 Å². The topological polar surface area (TPSA) is 37.8 Å². The molecule has 0 aliphatic carbocycles. The Morgan fingerprint density at radius 2 is 2.14 bits per heavy atom. The van der Waals surface area contributed by atoms with Crippen LogP contribution in [0.15, 0.2) is 6.07 Å². The van der Waals surface area contributed by atoms with Crippen LogP contribution >= 0.6 is 11.8 Å². The van der Waals surface area contributed by atoms with Crippen molar-refractivity contribution >= 4 is 17.6 Å². The van der Waals surface area contributed by atoms with E-state index in [-0.39, 0.29) is 0 Å². The molecule has 1 unspecified atom stereocenters. The maximum Gasteiger partial charge on any atom is 0.130 e. The third kappa shape index (κ3) is 3.54. The van der Waals surface area contributed by atoms with Gasteiger partial charge in [-0.2, -0.15) is 11.8 Å². The highest BCUT2D eigenvalue weighted by Crippen LogP contribution is 2.08. The van der Waals surface area contributed by atoms with Crippen LogP contribution in [0.4, 0.5) is 5.82 Å². The molecule has 14 heavy (non-hydrogen) atoms. The van der Waals surface area contributed by atoms with Crippen molar-refractivity contribution in [3.05, 3.63) is 17.6 Å². The predicted octanol–water partition coefficient (Wildman–Crippen LogP) is 2.26. The zero-order valence-electron chi connectivity index (χ0n) is 9.16. The van der Waals surface area contributed by atoms with Crippen molar-refractivity contribution in [3.8, 4) is 0 Å². The summed E-state index contributed by atoms with van der Waals surface area (Å²) in [5.41, 5.74) is 1.01. The molecular weight excluding hydrogens is 194 g/mol. The fourth-order valence-corrected chi connectivity index (χ4v) is 1.92. The summed E-state index contributed by atoms with van der Waals surface area (Å²) in [5.74, 6) is 2.84. The van der Waals surface area contributed by atoms with Gasteiger partial charge < -0.3 is 5.32 Å². The monoisotopic (exact) mass is 211 g/mol. The summed E-state index contributed by atoms with van der Waals surface area (Å²) in [7, 11) is 0. The van der Waals surface area contributed by atoms with Gasteiger partial charge in [0.1, 0.15) is 11.6 Å². The Bertz CT molecular complexity index is 281. The number of nitrogens with one attached hydrogen (secondary N) is 1. The molecule has 0 radical (unpaired) electrons. The van der Waals surface area contributed by atoms with Gasteiger partial charge in [-0.15, -0.1) is 0 Å². The van der Waals surface area contributed by atoms with E-state index in [1.807, 2.05) is 31.7 Å². The SMILES string of the molecule is CSCC(C)Nc1cc(C)nc(C)n1. The standard InChI is InChI=1S/C10H17N3S/c1-7-5-10(13-9(3)11-7)12-8(2)6-14-4/h5,8H,6H2,1-4H3,(H,11,12,13). The molecular formula is C10H17N3S. The predicted molar refractivity (Wildman–Crippen MR) is 63.0 cm³/mol. The first-order valence-electron chi connectivity index (χ1n) is 4.69. The second-order valence-electron chi connectivity index (χ2n) is 3.44. The largest absolute Gasteiger partial charge is 0.367 e. The number of anilines is 1. The number of rotatable bonds is 4.